The smallest absolute Gasteiger partial charge is 0.214 e. The topological polar surface area (TPSA) is 12.5 Å². The standard InChI is InChI=1S/C14H32BNOSi/c1-9-13(15(10-2)11-3)14(12-16(4)5)18(7,8)17-6/h9-12H2,1-8H3/b14-13+. The molecule has 106 valence electrons. The van der Waals surface area contributed by atoms with Crippen LogP contribution in [0.3, 0.4) is 0 Å². The predicted octanol–water partition coefficient (Wildman–Crippen LogP) is 3.72. The van der Waals surface area contributed by atoms with Crippen molar-refractivity contribution in [3.63, 3.8) is 0 Å². The van der Waals surface area contributed by atoms with E-state index in [2.05, 4.69) is 52.9 Å². The Morgan fingerprint density at radius 3 is 1.89 bits per heavy atom. The van der Waals surface area contributed by atoms with Gasteiger partial charge in [-0.15, -0.1) is 5.47 Å². The first kappa shape index (κ1) is 17.9. The van der Waals surface area contributed by atoms with E-state index in [-0.39, 0.29) is 0 Å². The van der Waals surface area contributed by atoms with Gasteiger partial charge in [0.25, 0.3) is 0 Å². The molecule has 0 aliphatic rings. The van der Waals surface area contributed by atoms with E-state index in [1.807, 2.05) is 7.11 Å². The number of allylic oxidation sites excluding steroid dienone is 1. The van der Waals surface area contributed by atoms with Crippen LogP contribution in [0, 0.1) is 0 Å². The van der Waals surface area contributed by atoms with Gasteiger partial charge in [-0.05, 0) is 33.6 Å². The van der Waals surface area contributed by atoms with Crippen molar-refractivity contribution in [2.45, 2.75) is 52.9 Å². The minimum absolute atomic E-state index is 0.729. The third kappa shape index (κ3) is 4.90. The first-order valence-corrected chi connectivity index (χ1v) is 10.2. The molecule has 0 N–H and O–H groups in total. The summed E-state index contributed by atoms with van der Waals surface area (Å²) in [6.45, 7) is 13.3. The Morgan fingerprint density at radius 2 is 1.61 bits per heavy atom. The van der Waals surface area contributed by atoms with Gasteiger partial charge in [-0.1, -0.05) is 38.6 Å². The van der Waals surface area contributed by atoms with Crippen molar-refractivity contribution >= 4 is 15.0 Å². The molecule has 0 amide bonds. The Morgan fingerprint density at radius 1 is 1.11 bits per heavy atom. The van der Waals surface area contributed by atoms with Gasteiger partial charge in [-0.2, -0.15) is 0 Å². The van der Waals surface area contributed by atoms with Gasteiger partial charge in [0.2, 0.25) is 8.32 Å². The van der Waals surface area contributed by atoms with Crippen LogP contribution in [-0.4, -0.2) is 47.7 Å². The lowest BCUT2D eigenvalue weighted by atomic mass is 9.40. The molecule has 0 spiro atoms. The van der Waals surface area contributed by atoms with E-state index < -0.39 is 8.32 Å². The molecule has 0 bridgehead atoms. The molecule has 0 radical (unpaired) electrons. The molecule has 0 fully saturated rings. The number of hydrogen-bond donors (Lipinski definition) is 0. The van der Waals surface area contributed by atoms with Gasteiger partial charge < -0.3 is 9.33 Å². The number of nitrogens with zero attached hydrogens (tertiary/aromatic N) is 1. The van der Waals surface area contributed by atoms with Gasteiger partial charge in [0.15, 0.2) is 6.71 Å². The summed E-state index contributed by atoms with van der Waals surface area (Å²) < 4.78 is 5.88. The highest BCUT2D eigenvalue weighted by atomic mass is 28.4. The normalized spacial score (nSPS) is 13.8. The Balaban J connectivity index is 5.57. The third-order valence-corrected chi connectivity index (χ3v) is 6.91. The summed E-state index contributed by atoms with van der Waals surface area (Å²) in [6.07, 6.45) is 3.64. The molecule has 4 heteroatoms. The minimum Gasteiger partial charge on any atom is -0.416 e. The molecule has 0 unspecified atom stereocenters. The molecule has 0 aliphatic heterocycles. The predicted molar refractivity (Wildman–Crippen MR) is 87.1 cm³/mol. The van der Waals surface area contributed by atoms with Crippen LogP contribution in [0.1, 0.15) is 27.2 Å². The highest BCUT2D eigenvalue weighted by Gasteiger charge is 2.31. The van der Waals surface area contributed by atoms with Crippen LogP contribution in [0.2, 0.25) is 25.7 Å². The van der Waals surface area contributed by atoms with Crippen molar-refractivity contribution in [1.82, 2.24) is 4.90 Å². The second-order valence-electron chi connectivity index (χ2n) is 5.82. The van der Waals surface area contributed by atoms with Crippen molar-refractivity contribution in [1.29, 1.82) is 0 Å². The van der Waals surface area contributed by atoms with Gasteiger partial charge >= 0.3 is 0 Å². The van der Waals surface area contributed by atoms with Crippen LogP contribution in [0.4, 0.5) is 0 Å². The average molecular weight is 269 g/mol. The zero-order valence-corrected chi connectivity index (χ0v) is 14.8. The molecular formula is C14H32BNOSi. The zero-order valence-electron chi connectivity index (χ0n) is 13.8. The van der Waals surface area contributed by atoms with Crippen LogP contribution in [0.5, 0.6) is 0 Å². The Bertz CT molecular complexity index is 273. The lowest BCUT2D eigenvalue weighted by Gasteiger charge is -2.31. The first-order valence-electron chi connectivity index (χ1n) is 7.26. The van der Waals surface area contributed by atoms with E-state index in [1.54, 1.807) is 10.7 Å². The Labute approximate surface area is 116 Å². The Kier molecular flexibility index (Phi) is 8.15. The molecule has 0 aliphatic carbocycles. The number of likely N-dealkylation sites (N-methyl/N-ethyl adjacent to an activating group) is 1. The second kappa shape index (κ2) is 8.18. The van der Waals surface area contributed by atoms with E-state index in [0.29, 0.717) is 0 Å². The van der Waals surface area contributed by atoms with Crippen LogP contribution < -0.4 is 0 Å². The highest BCUT2D eigenvalue weighted by molar-refractivity contribution is 6.81. The van der Waals surface area contributed by atoms with Crippen LogP contribution in [0.15, 0.2) is 10.7 Å². The maximum Gasteiger partial charge on any atom is 0.214 e. The molecule has 18 heavy (non-hydrogen) atoms. The molecule has 0 saturated heterocycles. The van der Waals surface area contributed by atoms with Crippen molar-refractivity contribution in [3.05, 3.63) is 10.7 Å². The maximum absolute atomic E-state index is 5.88. The molecule has 2 nitrogen and oxygen atoms in total. The summed E-state index contributed by atoms with van der Waals surface area (Å²) in [5.74, 6) is 0. The molecular weight excluding hydrogens is 237 g/mol. The molecule has 0 atom stereocenters. The molecule has 0 saturated carbocycles. The quantitative estimate of drug-likeness (QED) is 0.623. The van der Waals surface area contributed by atoms with E-state index in [4.69, 9.17) is 4.43 Å². The molecule has 0 aromatic carbocycles. The average Bonchev–Trinajstić information content (AvgIpc) is 2.33. The monoisotopic (exact) mass is 269 g/mol. The summed E-state index contributed by atoms with van der Waals surface area (Å²) in [5, 5.41) is 1.60. The fourth-order valence-corrected chi connectivity index (χ4v) is 4.75. The van der Waals surface area contributed by atoms with Crippen LogP contribution in [0.25, 0.3) is 0 Å². The van der Waals surface area contributed by atoms with E-state index in [0.717, 1.165) is 19.7 Å². The van der Waals surface area contributed by atoms with Crippen LogP contribution >= 0.6 is 0 Å². The summed E-state index contributed by atoms with van der Waals surface area (Å²) in [5.41, 5.74) is 1.66. The van der Waals surface area contributed by atoms with Gasteiger partial charge in [-0.25, -0.2) is 0 Å². The SMILES string of the molecule is CCB(CC)/C(CC)=C(\CN(C)C)[Si](C)(C)OC. The summed E-state index contributed by atoms with van der Waals surface area (Å²) in [7, 11) is 4.47. The second-order valence-corrected chi connectivity index (χ2v) is 9.86. The first-order chi connectivity index (χ1) is 8.33. The number of hydrogen-bond acceptors (Lipinski definition) is 2. The van der Waals surface area contributed by atoms with Gasteiger partial charge in [0.1, 0.15) is 0 Å². The third-order valence-electron chi connectivity index (χ3n) is 3.96. The van der Waals surface area contributed by atoms with E-state index in [9.17, 15) is 0 Å². The van der Waals surface area contributed by atoms with E-state index >= 15 is 0 Å². The largest absolute Gasteiger partial charge is 0.416 e. The zero-order chi connectivity index (χ0) is 14.3. The number of rotatable bonds is 8. The Hall–Kier alpha value is -0.0582. The van der Waals surface area contributed by atoms with Crippen molar-refractivity contribution in [3.8, 4) is 0 Å². The summed E-state index contributed by atoms with van der Waals surface area (Å²) >= 11 is 0. The van der Waals surface area contributed by atoms with Gasteiger partial charge in [0, 0.05) is 13.7 Å². The molecule has 0 rings (SSSR count). The lowest BCUT2D eigenvalue weighted by Crippen LogP contribution is -2.40. The van der Waals surface area contributed by atoms with Gasteiger partial charge in [0.05, 0.1) is 0 Å². The minimum atomic E-state index is -1.71. The lowest BCUT2D eigenvalue weighted by molar-refractivity contribution is 0.397. The van der Waals surface area contributed by atoms with Crippen molar-refractivity contribution < 1.29 is 4.43 Å². The van der Waals surface area contributed by atoms with Crippen molar-refractivity contribution in [2.24, 2.45) is 0 Å². The fraction of sp³-hybridized carbons (Fsp3) is 0.857. The van der Waals surface area contributed by atoms with Crippen LogP contribution in [-0.2, 0) is 4.43 Å². The van der Waals surface area contributed by atoms with Crippen molar-refractivity contribution in [2.75, 3.05) is 27.7 Å². The highest BCUT2D eigenvalue weighted by Crippen LogP contribution is 2.26. The summed E-state index contributed by atoms with van der Waals surface area (Å²) in [4.78, 5) is 2.28. The molecule has 0 aromatic rings. The fourth-order valence-electron chi connectivity index (χ4n) is 2.65. The maximum atomic E-state index is 5.88. The molecule has 0 heterocycles. The summed E-state index contributed by atoms with van der Waals surface area (Å²) in [6, 6.07) is 0. The van der Waals surface area contributed by atoms with E-state index in [1.165, 1.54) is 12.6 Å². The van der Waals surface area contributed by atoms with Gasteiger partial charge in [-0.3, -0.25) is 0 Å². The molecule has 0 aromatic heterocycles.